The summed E-state index contributed by atoms with van der Waals surface area (Å²) >= 11 is 4.94. The lowest BCUT2D eigenvalue weighted by Crippen LogP contribution is -1.83. The second kappa shape index (κ2) is 5.22. The van der Waals surface area contributed by atoms with Crippen molar-refractivity contribution in [2.24, 2.45) is 0 Å². The van der Waals surface area contributed by atoms with E-state index in [0.29, 0.717) is 17.3 Å². The summed E-state index contributed by atoms with van der Waals surface area (Å²) in [4.78, 5) is 8.69. The SMILES string of the molecule is Nc1ccc2oc(CSc3ccc(Br)cn3)nc2c1. The van der Waals surface area contributed by atoms with E-state index in [1.54, 1.807) is 24.0 Å². The molecule has 0 aliphatic heterocycles. The summed E-state index contributed by atoms with van der Waals surface area (Å²) in [7, 11) is 0. The summed E-state index contributed by atoms with van der Waals surface area (Å²) in [6.45, 7) is 0. The summed E-state index contributed by atoms with van der Waals surface area (Å²) in [5.74, 6) is 1.32. The predicted molar refractivity (Wildman–Crippen MR) is 79.9 cm³/mol. The van der Waals surface area contributed by atoms with Crippen molar-refractivity contribution in [3.05, 3.63) is 46.9 Å². The highest BCUT2D eigenvalue weighted by atomic mass is 79.9. The fourth-order valence-electron chi connectivity index (χ4n) is 1.64. The Balaban J connectivity index is 1.76. The Morgan fingerprint density at radius 1 is 1.26 bits per heavy atom. The van der Waals surface area contributed by atoms with E-state index in [2.05, 4.69) is 25.9 Å². The van der Waals surface area contributed by atoms with Gasteiger partial charge in [-0.15, -0.1) is 0 Å². The average molecular weight is 336 g/mol. The van der Waals surface area contributed by atoms with Gasteiger partial charge in [-0.3, -0.25) is 0 Å². The van der Waals surface area contributed by atoms with Crippen molar-refractivity contribution in [1.82, 2.24) is 9.97 Å². The normalized spacial score (nSPS) is 11.0. The van der Waals surface area contributed by atoms with E-state index in [-0.39, 0.29) is 0 Å². The third-order valence-electron chi connectivity index (χ3n) is 2.50. The van der Waals surface area contributed by atoms with E-state index in [1.165, 1.54) is 0 Å². The maximum atomic E-state index is 5.71. The number of nitrogen functional groups attached to an aromatic ring is 1. The molecular weight excluding hydrogens is 326 g/mol. The molecule has 0 saturated carbocycles. The van der Waals surface area contributed by atoms with Gasteiger partial charge in [-0.1, -0.05) is 11.8 Å². The van der Waals surface area contributed by atoms with Gasteiger partial charge in [0.25, 0.3) is 0 Å². The zero-order valence-electron chi connectivity index (χ0n) is 9.84. The summed E-state index contributed by atoms with van der Waals surface area (Å²) in [5.41, 5.74) is 7.95. The minimum atomic E-state index is 0.642. The van der Waals surface area contributed by atoms with Crippen LogP contribution in [0.4, 0.5) is 5.69 Å². The molecule has 19 heavy (non-hydrogen) atoms. The first-order valence-electron chi connectivity index (χ1n) is 5.60. The van der Waals surface area contributed by atoms with Gasteiger partial charge in [0, 0.05) is 16.4 Å². The third-order valence-corrected chi connectivity index (χ3v) is 3.90. The van der Waals surface area contributed by atoms with Crippen molar-refractivity contribution in [3.8, 4) is 0 Å². The van der Waals surface area contributed by atoms with E-state index in [4.69, 9.17) is 10.2 Å². The number of hydrogen-bond acceptors (Lipinski definition) is 5. The van der Waals surface area contributed by atoms with Gasteiger partial charge in [0.05, 0.1) is 10.8 Å². The lowest BCUT2D eigenvalue weighted by Gasteiger charge is -1.97. The molecule has 0 bridgehead atoms. The van der Waals surface area contributed by atoms with Gasteiger partial charge in [-0.2, -0.15) is 0 Å². The number of nitrogens with two attached hydrogens (primary N) is 1. The van der Waals surface area contributed by atoms with Gasteiger partial charge in [0.15, 0.2) is 5.58 Å². The molecule has 3 aromatic rings. The highest BCUT2D eigenvalue weighted by Crippen LogP contribution is 2.24. The number of hydrogen-bond donors (Lipinski definition) is 1. The quantitative estimate of drug-likeness (QED) is 0.581. The predicted octanol–water partition coefficient (Wildman–Crippen LogP) is 3.86. The smallest absolute Gasteiger partial charge is 0.205 e. The molecule has 0 spiro atoms. The number of anilines is 1. The molecule has 96 valence electrons. The van der Waals surface area contributed by atoms with Gasteiger partial charge in [0.2, 0.25) is 5.89 Å². The molecule has 0 radical (unpaired) electrons. The number of aromatic nitrogens is 2. The van der Waals surface area contributed by atoms with Gasteiger partial charge >= 0.3 is 0 Å². The second-order valence-electron chi connectivity index (χ2n) is 3.94. The Labute approximate surface area is 122 Å². The standard InChI is InChI=1S/C13H10BrN3OS/c14-8-1-4-13(16-6-8)19-7-12-17-10-5-9(15)2-3-11(10)18-12/h1-6H,7,15H2. The van der Waals surface area contributed by atoms with Crippen LogP contribution in [0.25, 0.3) is 11.1 Å². The lowest BCUT2D eigenvalue weighted by atomic mass is 10.3. The van der Waals surface area contributed by atoms with Crippen molar-refractivity contribution in [2.45, 2.75) is 10.8 Å². The zero-order chi connectivity index (χ0) is 13.2. The highest BCUT2D eigenvalue weighted by molar-refractivity contribution is 9.10. The molecule has 2 aromatic heterocycles. The van der Waals surface area contributed by atoms with E-state index >= 15 is 0 Å². The second-order valence-corrected chi connectivity index (χ2v) is 5.85. The minimum absolute atomic E-state index is 0.642. The van der Waals surface area contributed by atoms with Crippen molar-refractivity contribution in [2.75, 3.05) is 5.73 Å². The average Bonchev–Trinajstić information content (AvgIpc) is 2.80. The largest absolute Gasteiger partial charge is 0.440 e. The molecule has 0 saturated heterocycles. The van der Waals surface area contributed by atoms with Crippen molar-refractivity contribution in [3.63, 3.8) is 0 Å². The molecular formula is C13H10BrN3OS. The Kier molecular flexibility index (Phi) is 3.44. The minimum Gasteiger partial charge on any atom is -0.440 e. The van der Waals surface area contributed by atoms with Crippen LogP contribution in [0.1, 0.15) is 5.89 Å². The number of benzene rings is 1. The number of halogens is 1. The van der Waals surface area contributed by atoms with Crippen LogP contribution in [0, 0.1) is 0 Å². The van der Waals surface area contributed by atoms with Gasteiger partial charge < -0.3 is 10.2 Å². The monoisotopic (exact) mass is 335 g/mol. The maximum absolute atomic E-state index is 5.71. The van der Waals surface area contributed by atoms with Crippen molar-refractivity contribution >= 4 is 44.5 Å². The van der Waals surface area contributed by atoms with Gasteiger partial charge in [-0.25, -0.2) is 9.97 Å². The van der Waals surface area contributed by atoms with E-state index in [9.17, 15) is 0 Å². The molecule has 0 unspecified atom stereocenters. The first kappa shape index (κ1) is 12.5. The summed E-state index contributed by atoms with van der Waals surface area (Å²) in [6.07, 6.45) is 1.77. The third kappa shape index (κ3) is 2.90. The molecule has 0 aliphatic carbocycles. The molecule has 1 aromatic carbocycles. The summed E-state index contributed by atoms with van der Waals surface area (Å²) in [6, 6.07) is 9.37. The molecule has 4 nitrogen and oxygen atoms in total. The molecule has 2 N–H and O–H groups in total. The molecule has 0 aliphatic rings. The molecule has 2 heterocycles. The number of nitrogens with zero attached hydrogens (tertiary/aromatic N) is 2. The molecule has 0 fully saturated rings. The van der Waals surface area contributed by atoms with E-state index in [0.717, 1.165) is 20.6 Å². The van der Waals surface area contributed by atoms with E-state index in [1.807, 2.05) is 24.3 Å². The van der Waals surface area contributed by atoms with Crippen LogP contribution in [0.5, 0.6) is 0 Å². The van der Waals surface area contributed by atoms with Crippen LogP contribution in [0.3, 0.4) is 0 Å². The Bertz CT molecular complexity index is 711. The summed E-state index contributed by atoms with van der Waals surface area (Å²) < 4.78 is 6.61. The van der Waals surface area contributed by atoms with Crippen LogP contribution in [0.15, 0.2) is 50.4 Å². The van der Waals surface area contributed by atoms with Gasteiger partial charge in [0.1, 0.15) is 5.52 Å². The van der Waals surface area contributed by atoms with Crippen LogP contribution in [-0.2, 0) is 5.75 Å². The van der Waals surface area contributed by atoms with E-state index < -0.39 is 0 Å². The number of fused-ring (bicyclic) bond motifs is 1. The molecule has 0 atom stereocenters. The first-order chi connectivity index (χ1) is 9.20. The topological polar surface area (TPSA) is 64.9 Å². The van der Waals surface area contributed by atoms with Crippen LogP contribution < -0.4 is 5.73 Å². The van der Waals surface area contributed by atoms with Crippen molar-refractivity contribution in [1.29, 1.82) is 0 Å². The molecule has 3 rings (SSSR count). The van der Waals surface area contributed by atoms with Crippen molar-refractivity contribution < 1.29 is 4.42 Å². The Morgan fingerprint density at radius 3 is 2.95 bits per heavy atom. The number of rotatable bonds is 3. The Hall–Kier alpha value is -1.53. The van der Waals surface area contributed by atoms with Crippen LogP contribution >= 0.6 is 27.7 Å². The highest BCUT2D eigenvalue weighted by Gasteiger charge is 2.07. The molecule has 0 amide bonds. The number of oxazole rings is 1. The maximum Gasteiger partial charge on any atom is 0.205 e. The molecule has 6 heteroatoms. The number of pyridine rings is 1. The summed E-state index contributed by atoms with van der Waals surface area (Å²) in [5, 5.41) is 0.935. The zero-order valence-corrected chi connectivity index (χ0v) is 12.2. The first-order valence-corrected chi connectivity index (χ1v) is 7.38. The van der Waals surface area contributed by atoms with Gasteiger partial charge in [-0.05, 0) is 46.3 Å². The fraction of sp³-hybridized carbons (Fsp3) is 0.0769. The van der Waals surface area contributed by atoms with Crippen LogP contribution in [-0.4, -0.2) is 9.97 Å². The number of thioether (sulfide) groups is 1. The van der Waals surface area contributed by atoms with Crippen LogP contribution in [0.2, 0.25) is 0 Å². The lowest BCUT2D eigenvalue weighted by molar-refractivity contribution is 0.556. The Morgan fingerprint density at radius 2 is 2.16 bits per heavy atom. The fourth-order valence-corrected chi connectivity index (χ4v) is 2.56.